The lowest BCUT2D eigenvalue weighted by Crippen LogP contribution is -2.20. The van der Waals surface area contributed by atoms with Crippen LogP contribution in [0.2, 0.25) is 10.0 Å². The Morgan fingerprint density at radius 1 is 1.12 bits per heavy atom. The van der Waals surface area contributed by atoms with Crippen molar-refractivity contribution in [2.24, 2.45) is 5.10 Å². The second kappa shape index (κ2) is 10.5. The topological polar surface area (TPSA) is 72.2 Å². The van der Waals surface area contributed by atoms with Crippen molar-refractivity contribution in [1.29, 1.82) is 0 Å². The molecule has 0 bridgehead atoms. The van der Waals surface area contributed by atoms with Crippen molar-refractivity contribution in [3.63, 3.8) is 0 Å². The number of halogens is 2. The molecule has 0 aliphatic carbocycles. The highest BCUT2D eigenvalue weighted by molar-refractivity contribution is 7.99. The summed E-state index contributed by atoms with van der Waals surface area (Å²) in [5.41, 5.74) is 5.38. The average Bonchev–Trinajstić information content (AvgIpc) is 3.16. The molecule has 0 spiro atoms. The normalized spacial score (nSPS) is 11.8. The van der Waals surface area contributed by atoms with Gasteiger partial charge in [0.2, 0.25) is 0 Å². The van der Waals surface area contributed by atoms with E-state index in [1.807, 2.05) is 11.5 Å². The molecule has 0 unspecified atom stereocenters. The molecule has 1 aromatic heterocycles. The Balaban J connectivity index is 1.64. The van der Waals surface area contributed by atoms with E-state index in [1.54, 1.807) is 18.2 Å². The van der Waals surface area contributed by atoms with Gasteiger partial charge in [0.25, 0.3) is 5.91 Å². The molecule has 1 N–H and O–H groups in total. The molecule has 2 aromatic carbocycles. The number of thioether (sulfide) groups is 1. The van der Waals surface area contributed by atoms with Crippen LogP contribution in [0.15, 0.2) is 52.7 Å². The van der Waals surface area contributed by atoms with Gasteiger partial charge in [-0.1, -0.05) is 86.1 Å². The fraction of sp³-hybridized carbons (Fsp3) is 0.304. The molecule has 3 rings (SSSR count). The van der Waals surface area contributed by atoms with Gasteiger partial charge in [0, 0.05) is 17.7 Å². The molecule has 32 heavy (non-hydrogen) atoms. The van der Waals surface area contributed by atoms with E-state index in [9.17, 15) is 4.79 Å². The summed E-state index contributed by atoms with van der Waals surface area (Å²) in [4.78, 5) is 12.2. The SMILES string of the molecule is CCn1c(SCC(=O)N/N=C/c2c(Cl)cccc2Cl)nnc1-c1ccc(C(C)(C)C)cc1. The number of hydrogen-bond donors (Lipinski definition) is 1. The minimum absolute atomic E-state index is 0.0883. The van der Waals surface area contributed by atoms with Gasteiger partial charge in [-0.05, 0) is 30.0 Å². The summed E-state index contributed by atoms with van der Waals surface area (Å²) in [5, 5.41) is 14.2. The Hall–Kier alpha value is -2.35. The van der Waals surface area contributed by atoms with Crippen LogP contribution in [-0.4, -0.2) is 32.6 Å². The molecular formula is C23H25Cl2N5OS. The van der Waals surface area contributed by atoms with E-state index in [1.165, 1.54) is 23.5 Å². The first kappa shape index (κ1) is 24.3. The predicted molar refractivity (Wildman–Crippen MR) is 133 cm³/mol. The highest BCUT2D eigenvalue weighted by atomic mass is 35.5. The van der Waals surface area contributed by atoms with Crippen molar-refractivity contribution in [3.8, 4) is 11.4 Å². The Morgan fingerprint density at radius 3 is 2.38 bits per heavy atom. The molecule has 1 heterocycles. The number of carbonyl (C=O) groups excluding carboxylic acids is 1. The second-order valence-electron chi connectivity index (χ2n) is 8.09. The number of rotatable bonds is 7. The van der Waals surface area contributed by atoms with Crippen LogP contribution in [0.5, 0.6) is 0 Å². The number of hydrogen-bond acceptors (Lipinski definition) is 5. The van der Waals surface area contributed by atoms with Crippen LogP contribution in [0.4, 0.5) is 0 Å². The monoisotopic (exact) mass is 489 g/mol. The third-order valence-corrected chi connectivity index (χ3v) is 6.38. The zero-order valence-corrected chi connectivity index (χ0v) is 20.7. The van der Waals surface area contributed by atoms with Gasteiger partial charge in [0.05, 0.1) is 22.0 Å². The number of benzene rings is 2. The first-order valence-electron chi connectivity index (χ1n) is 10.1. The summed E-state index contributed by atoms with van der Waals surface area (Å²) in [6, 6.07) is 13.5. The average molecular weight is 490 g/mol. The maximum Gasteiger partial charge on any atom is 0.250 e. The van der Waals surface area contributed by atoms with Crippen LogP contribution in [0.25, 0.3) is 11.4 Å². The lowest BCUT2D eigenvalue weighted by molar-refractivity contribution is -0.118. The molecule has 0 saturated carbocycles. The van der Waals surface area contributed by atoms with Crippen LogP contribution in [-0.2, 0) is 16.8 Å². The molecule has 3 aromatic rings. The third kappa shape index (κ3) is 5.91. The quantitative estimate of drug-likeness (QED) is 0.258. The van der Waals surface area contributed by atoms with Crippen molar-refractivity contribution in [3.05, 3.63) is 63.6 Å². The van der Waals surface area contributed by atoms with Gasteiger partial charge in [-0.2, -0.15) is 5.10 Å². The summed E-state index contributed by atoms with van der Waals surface area (Å²) < 4.78 is 2.00. The van der Waals surface area contributed by atoms with E-state index >= 15 is 0 Å². The van der Waals surface area contributed by atoms with Crippen molar-refractivity contribution in [2.45, 2.75) is 44.8 Å². The van der Waals surface area contributed by atoms with Crippen molar-refractivity contribution >= 4 is 47.1 Å². The largest absolute Gasteiger partial charge is 0.302 e. The van der Waals surface area contributed by atoms with Crippen molar-refractivity contribution in [1.82, 2.24) is 20.2 Å². The van der Waals surface area contributed by atoms with Crippen LogP contribution in [0, 0.1) is 0 Å². The highest BCUT2D eigenvalue weighted by Crippen LogP contribution is 2.27. The summed E-state index contributed by atoms with van der Waals surface area (Å²) >= 11 is 13.5. The predicted octanol–water partition coefficient (Wildman–Crippen LogP) is 5.81. The van der Waals surface area contributed by atoms with Gasteiger partial charge >= 0.3 is 0 Å². The van der Waals surface area contributed by atoms with Crippen LogP contribution >= 0.6 is 35.0 Å². The van der Waals surface area contributed by atoms with Crippen LogP contribution < -0.4 is 5.43 Å². The highest BCUT2D eigenvalue weighted by Gasteiger charge is 2.17. The molecule has 9 heteroatoms. The fourth-order valence-electron chi connectivity index (χ4n) is 2.98. The van der Waals surface area contributed by atoms with E-state index in [0.29, 0.717) is 27.3 Å². The molecule has 168 valence electrons. The van der Waals surface area contributed by atoms with Crippen LogP contribution in [0.3, 0.4) is 0 Å². The van der Waals surface area contributed by atoms with Gasteiger partial charge in [0.15, 0.2) is 11.0 Å². The first-order valence-corrected chi connectivity index (χ1v) is 11.9. The molecule has 0 radical (unpaired) electrons. The van der Waals surface area contributed by atoms with E-state index in [-0.39, 0.29) is 17.1 Å². The minimum atomic E-state index is -0.267. The number of hydrazone groups is 1. The standard InChI is InChI=1S/C23H25Cl2N5OS/c1-5-30-21(15-9-11-16(12-10-15)23(2,3)4)28-29-22(30)32-14-20(31)27-26-13-17-18(24)7-6-8-19(17)25/h6-13H,5,14H2,1-4H3,(H,27,31)/b26-13+. The molecule has 0 fully saturated rings. The lowest BCUT2D eigenvalue weighted by Gasteiger charge is -2.19. The fourth-order valence-corrected chi connectivity index (χ4v) is 4.27. The minimum Gasteiger partial charge on any atom is -0.302 e. The third-order valence-electron chi connectivity index (χ3n) is 4.76. The van der Waals surface area contributed by atoms with Gasteiger partial charge < -0.3 is 4.57 Å². The molecule has 0 saturated heterocycles. The Labute approximate surface area is 202 Å². The Kier molecular flexibility index (Phi) is 7.98. The smallest absolute Gasteiger partial charge is 0.250 e. The number of aromatic nitrogens is 3. The van der Waals surface area contributed by atoms with E-state index in [4.69, 9.17) is 23.2 Å². The second-order valence-corrected chi connectivity index (χ2v) is 9.85. The molecule has 0 atom stereocenters. The van der Waals surface area contributed by atoms with Gasteiger partial charge in [-0.15, -0.1) is 10.2 Å². The molecule has 1 amide bonds. The number of nitrogens with zero attached hydrogens (tertiary/aromatic N) is 4. The molecule has 0 aliphatic rings. The van der Waals surface area contributed by atoms with Gasteiger partial charge in [-0.25, -0.2) is 5.43 Å². The van der Waals surface area contributed by atoms with Crippen molar-refractivity contribution in [2.75, 3.05) is 5.75 Å². The first-order chi connectivity index (χ1) is 15.2. The summed E-state index contributed by atoms with van der Waals surface area (Å²) in [6.07, 6.45) is 1.43. The Bertz CT molecular complexity index is 1100. The molecule has 6 nitrogen and oxygen atoms in total. The molecule has 0 aliphatic heterocycles. The number of carbonyl (C=O) groups is 1. The lowest BCUT2D eigenvalue weighted by atomic mass is 9.87. The number of amides is 1. The summed E-state index contributed by atoms with van der Waals surface area (Å²) in [7, 11) is 0. The zero-order chi connectivity index (χ0) is 23.3. The van der Waals surface area contributed by atoms with E-state index in [2.05, 4.69) is 65.8 Å². The van der Waals surface area contributed by atoms with Crippen molar-refractivity contribution < 1.29 is 4.79 Å². The summed E-state index contributed by atoms with van der Waals surface area (Å²) in [6.45, 7) is 9.27. The molecular weight excluding hydrogens is 465 g/mol. The van der Waals surface area contributed by atoms with Gasteiger partial charge in [-0.3, -0.25) is 4.79 Å². The maximum absolute atomic E-state index is 12.2. The van der Waals surface area contributed by atoms with Gasteiger partial charge in [0.1, 0.15) is 0 Å². The summed E-state index contributed by atoms with van der Waals surface area (Å²) in [5.74, 6) is 0.660. The van der Waals surface area contributed by atoms with E-state index in [0.717, 1.165) is 11.4 Å². The zero-order valence-electron chi connectivity index (χ0n) is 18.4. The Morgan fingerprint density at radius 2 is 1.78 bits per heavy atom. The van der Waals surface area contributed by atoms with Crippen LogP contribution in [0.1, 0.15) is 38.8 Å². The number of nitrogens with one attached hydrogen (secondary N) is 1. The maximum atomic E-state index is 12.2. The van der Waals surface area contributed by atoms with E-state index < -0.39 is 0 Å².